The number of ether oxygens (including phenoxy) is 1. The van der Waals surface area contributed by atoms with Crippen LogP contribution in [0.2, 0.25) is 0 Å². The molecule has 0 amide bonds. The number of hydrogen-bond donors (Lipinski definition) is 0. The molecular formula is C24H24BrNO4S. The molecule has 3 rings (SSSR count). The number of benzene rings is 2. The number of halogens is 1. The minimum atomic E-state index is -3.72. The molecule has 0 N–H and O–H groups in total. The van der Waals surface area contributed by atoms with Gasteiger partial charge in [0.25, 0.3) is 0 Å². The van der Waals surface area contributed by atoms with Crippen molar-refractivity contribution in [1.82, 2.24) is 4.31 Å². The number of esters is 1. The molecule has 2 aromatic rings. The summed E-state index contributed by atoms with van der Waals surface area (Å²) in [5.41, 5.74) is 2.34. The third kappa shape index (κ3) is 5.42. The smallest absolute Gasteiger partial charge is 0.317 e. The lowest BCUT2D eigenvalue weighted by Crippen LogP contribution is -2.31. The molecule has 1 atom stereocenters. The predicted molar refractivity (Wildman–Crippen MR) is 126 cm³/mol. The van der Waals surface area contributed by atoms with Gasteiger partial charge in [0.1, 0.15) is 0 Å². The molecule has 0 saturated heterocycles. The second-order valence-corrected chi connectivity index (χ2v) is 9.83. The van der Waals surface area contributed by atoms with Gasteiger partial charge >= 0.3 is 5.97 Å². The summed E-state index contributed by atoms with van der Waals surface area (Å²) in [7, 11) is -3.72. The van der Waals surface area contributed by atoms with E-state index in [0.717, 1.165) is 15.6 Å². The van der Waals surface area contributed by atoms with Crippen molar-refractivity contribution >= 4 is 38.0 Å². The van der Waals surface area contributed by atoms with E-state index in [4.69, 9.17) is 4.74 Å². The standard InChI is InChI=1S/C24H24BrNO4S/c1-3-19-16-26(31(28,29)21-13-11-20(25)12-14-21)17-23(19)22(24(27)30-4-2)15-10-18-8-6-5-7-9-18/h3,5-15,22H,1,4,16-17H2,2H3/b15-10-. The fourth-order valence-corrected chi connectivity index (χ4v) is 5.06. The Balaban J connectivity index is 1.92. The molecule has 1 aliphatic rings. The second-order valence-electron chi connectivity index (χ2n) is 6.98. The molecule has 1 heterocycles. The lowest BCUT2D eigenvalue weighted by atomic mass is 9.94. The first-order chi connectivity index (χ1) is 14.9. The lowest BCUT2D eigenvalue weighted by molar-refractivity contribution is -0.145. The quantitative estimate of drug-likeness (QED) is 0.486. The van der Waals surface area contributed by atoms with Crippen LogP contribution < -0.4 is 0 Å². The van der Waals surface area contributed by atoms with Crippen LogP contribution in [-0.2, 0) is 19.6 Å². The molecule has 0 saturated carbocycles. The highest BCUT2D eigenvalue weighted by atomic mass is 79.9. The Hall–Kier alpha value is -2.48. The first kappa shape index (κ1) is 23.2. The third-order valence-electron chi connectivity index (χ3n) is 5.00. The molecule has 0 fully saturated rings. The van der Waals surface area contributed by atoms with E-state index in [9.17, 15) is 13.2 Å². The van der Waals surface area contributed by atoms with E-state index in [1.807, 2.05) is 36.4 Å². The topological polar surface area (TPSA) is 63.7 Å². The summed E-state index contributed by atoms with van der Waals surface area (Å²) in [6.45, 7) is 6.09. The van der Waals surface area contributed by atoms with Crippen LogP contribution in [-0.4, -0.2) is 38.4 Å². The van der Waals surface area contributed by atoms with Crippen molar-refractivity contribution in [3.05, 3.63) is 94.5 Å². The van der Waals surface area contributed by atoms with Crippen molar-refractivity contribution in [2.75, 3.05) is 19.7 Å². The average Bonchev–Trinajstić information content (AvgIpc) is 3.20. The van der Waals surface area contributed by atoms with Crippen LogP contribution in [0.15, 0.2) is 93.8 Å². The summed E-state index contributed by atoms with van der Waals surface area (Å²) in [5.74, 6) is -1.11. The van der Waals surface area contributed by atoms with Gasteiger partial charge in [0.05, 0.1) is 17.4 Å². The van der Waals surface area contributed by atoms with E-state index in [-0.39, 0.29) is 24.6 Å². The summed E-state index contributed by atoms with van der Waals surface area (Å²) in [6.07, 6.45) is 5.23. The molecule has 1 aliphatic heterocycles. The maximum Gasteiger partial charge on any atom is 0.317 e. The Morgan fingerprint density at radius 3 is 2.45 bits per heavy atom. The highest BCUT2D eigenvalue weighted by Gasteiger charge is 2.36. The van der Waals surface area contributed by atoms with E-state index in [1.165, 1.54) is 4.31 Å². The van der Waals surface area contributed by atoms with Crippen molar-refractivity contribution in [1.29, 1.82) is 0 Å². The molecule has 162 valence electrons. The number of hydrogen-bond acceptors (Lipinski definition) is 4. The number of nitrogens with zero attached hydrogens (tertiary/aromatic N) is 1. The lowest BCUT2D eigenvalue weighted by Gasteiger charge is -2.18. The van der Waals surface area contributed by atoms with Gasteiger partial charge in [-0.25, -0.2) is 8.42 Å². The van der Waals surface area contributed by atoms with Crippen LogP contribution in [0.25, 0.3) is 6.08 Å². The second kappa shape index (κ2) is 10.2. The molecule has 0 bridgehead atoms. The zero-order chi connectivity index (χ0) is 22.4. The van der Waals surface area contributed by atoms with Crippen LogP contribution in [0.3, 0.4) is 0 Å². The van der Waals surface area contributed by atoms with E-state index >= 15 is 0 Å². The molecule has 0 aliphatic carbocycles. The van der Waals surface area contributed by atoms with Crippen molar-refractivity contribution in [3.63, 3.8) is 0 Å². The van der Waals surface area contributed by atoms with Crippen LogP contribution >= 0.6 is 15.9 Å². The summed E-state index contributed by atoms with van der Waals surface area (Å²) in [4.78, 5) is 13.0. The normalized spacial score (nSPS) is 15.9. The van der Waals surface area contributed by atoms with Crippen LogP contribution in [0, 0.1) is 5.92 Å². The Bertz CT molecular complexity index is 1110. The van der Waals surface area contributed by atoms with E-state index in [1.54, 1.807) is 43.3 Å². The van der Waals surface area contributed by atoms with Gasteiger partial charge in [0, 0.05) is 17.6 Å². The zero-order valence-corrected chi connectivity index (χ0v) is 19.6. The molecule has 0 aromatic heterocycles. The molecule has 31 heavy (non-hydrogen) atoms. The first-order valence-electron chi connectivity index (χ1n) is 9.86. The van der Waals surface area contributed by atoms with Crippen molar-refractivity contribution in [2.24, 2.45) is 5.92 Å². The van der Waals surface area contributed by atoms with Gasteiger partial charge in [-0.1, -0.05) is 71.1 Å². The van der Waals surface area contributed by atoms with Gasteiger partial charge in [-0.3, -0.25) is 4.79 Å². The van der Waals surface area contributed by atoms with Gasteiger partial charge in [-0.15, -0.1) is 0 Å². The fraction of sp³-hybridized carbons (Fsp3) is 0.208. The molecule has 1 unspecified atom stereocenters. The zero-order valence-electron chi connectivity index (χ0n) is 17.2. The molecule has 0 radical (unpaired) electrons. The minimum Gasteiger partial charge on any atom is -0.465 e. The van der Waals surface area contributed by atoms with Crippen molar-refractivity contribution in [2.45, 2.75) is 11.8 Å². The Labute approximate surface area is 191 Å². The van der Waals surface area contributed by atoms with Gasteiger partial charge in [0.2, 0.25) is 10.0 Å². The summed E-state index contributed by atoms with van der Waals surface area (Å²) in [6, 6.07) is 16.1. The Kier molecular flexibility index (Phi) is 7.64. The third-order valence-corrected chi connectivity index (χ3v) is 7.33. The summed E-state index contributed by atoms with van der Waals surface area (Å²) < 4.78 is 33.8. The molecule has 2 aromatic carbocycles. The first-order valence-corrected chi connectivity index (χ1v) is 12.1. The van der Waals surface area contributed by atoms with Crippen molar-refractivity contribution in [3.8, 4) is 0 Å². The SMILES string of the molecule is C=CC1=C(C(/C=C\c2ccccc2)C(=O)OCC)CN(S(=O)(=O)c2ccc(Br)cc2)C1. The maximum atomic E-state index is 13.2. The highest BCUT2D eigenvalue weighted by Crippen LogP contribution is 2.32. The van der Waals surface area contributed by atoms with Gasteiger partial charge in [-0.05, 0) is 47.9 Å². The highest BCUT2D eigenvalue weighted by molar-refractivity contribution is 9.10. The van der Waals surface area contributed by atoms with E-state index in [0.29, 0.717) is 5.57 Å². The van der Waals surface area contributed by atoms with Crippen molar-refractivity contribution < 1.29 is 17.9 Å². The maximum absolute atomic E-state index is 13.2. The van der Waals surface area contributed by atoms with E-state index < -0.39 is 21.9 Å². The largest absolute Gasteiger partial charge is 0.465 e. The summed E-state index contributed by atoms with van der Waals surface area (Å²) >= 11 is 3.32. The predicted octanol–water partition coefficient (Wildman–Crippen LogP) is 4.83. The van der Waals surface area contributed by atoms with Gasteiger partial charge < -0.3 is 4.74 Å². The number of carbonyl (C=O) groups is 1. The monoisotopic (exact) mass is 501 g/mol. The number of rotatable bonds is 8. The average molecular weight is 502 g/mol. The minimum absolute atomic E-state index is 0.0996. The van der Waals surface area contributed by atoms with Gasteiger partial charge in [-0.2, -0.15) is 4.31 Å². The molecule has 5 nitrogen and oxygen atoms in total. The number of carbonyl (C=O) groups excluding carboxylic acids is 1. The van der Waals surface area contributed by atoms with Crippen LogP contribution in [0.1, 0.15) is 12.5 Å². The van der Waals surface area contributed by atoms with E-state index in [2.05, 4.69) is 22.5 Å². The molecule has 7 heteroatoms. The number of sulfonamides is 1. The Morgan fingerprint density at radius 1 is 1.16 bits per heavy atom. The van der Waals surface area contributed by atoms with Crippen LogP contribution in [0.5, 0.6) is 0 Å². The molecule has 0 spiro atoms. The van der Waals surface area contributed by atoms with Crippen LogP contribution in [0.4, 0.5) is 0 Å². The molecular weight excluding hydrogens is 478 g/mol. The fourth-order valence-electron chi connectivity index (χ4n) is 3.40. The van der Waals surface area contributed by atoms with Gasteiger partial charge in [0.15, 0.2) is 0 Å². The summed E-state index contributed by atoms with van der Waals surface area (Å²) in [5, 5.41) is 0. The Morgan fingerprint density at radius 2 is 1.84 bits per heavy atom.